The fourth-order valence-electron chi connectivity index (χ4n) is 1.99. The van der Waals surface area contributed by atoms with Gasteiger partial charge in [0.15, 0.2) is 5.58 Å². The summed E-state index contributed by atoms with van der Waals surface area (Å²) in [4.78, 5) is 19.6. The van der Waals surface area contributed by atoms with Crippen molar-refractivity contribution in [3.63, 3.8) is 0 Å². The molecule has 1 fully saturated rings. The minimum absolute atomic E-state index is 0.0722. The molecule has 18 heavy (non-hydrogen) atoms. The maximum atomic E-state index is 11.6. The molecule has 1 saturated heterocycles. The van der Waals surface area contributed by atoms with Gasteiger partial charge in [-0.15, -0.1) is 0 Å². The summed E-state index contributed by atoms with van der Waals surface area (Å²) in [7, 11) is 1.80. The number of aromatic nitrogens is 1. The van der Waals surface area contributed by atoms with Gasteiger partial charge in [0, 0.05) is 25.8 Å². The lowest BCUT2D eigenvalue weighted by Gasteiger charge is -2.30. The number of nitrogens with two attached hydrogens (primary N) is 1. The van der Waals surface area contributed by atoms with Gasteiger partial charge in [0.25, 0.3) is 6.01 Å². The Hall–Kier alpha value is -2.24. The predicted octanol–water partition coefficient (Wildman–Crippen LogP) is 0.688. The molecule has 2 aromatic rings. The monoisotopic (exact) mass is 246 g/mol. The minimum atomic E-state index is 0.0722. The van der Waals surface area contributed by atoms with Crippen molar-refractivity contribution in [3.8, 4) is 0 Å². The second-order valence-corrected chi connectivity index (χ2v) is 4.46. The van der Waals surface area contributed by atoms with Gasteiger partial charge in [0.05, 0.1) is 0 Å². The van der Waals surface area contributed by atoms with Gasteiger partial charge in [-0.2, -0.15) is 4.98 Å². The third kappa shape index (κ3) is 1.75. The summed E-state index contributed by atoms with van der Waals surface area (Å²) in [5.74, 6) is 0.0722. The first-order valence-corrected chi connectivity index (χ1v) is 5.78. The molecule has 0 spiro atoms. The Morgan fingerprint density at radius 1 is 1.39 bits per heavy atom. The van der Waals surface area contributed by atoms with Crippen LogP contribution in [0, 0.1) is 0 Å². The van der Waals surface area contributed by atoms with Gasteiger partial charge in [0.1, 0.15) is 12.1 Å². The molecule has 0 atom stereocenters. The van der Waals surface area contributed by atoms with Crippen molar-refractivity contribution in [2.75, 3.05) is 37.3 Å². The molecule has 0 saturated carbocycles. The van der Waals surface area contributed by atoms with Crippen LogP contribution in [0.3, 0.4) is 0 Å². The Morgan fingerprint density at radius 2 is 2.22 bits per heavy atom. The number of anilines is 2. The van der Waals surface area contributed by atoms with Crippen LogP contribution >= 0.6 is 0 Å². The number of carbonyl (C=O) groups is 1. The average Bonchev–Trinajstić information content (AvgIpc) is 2.75. The van der Waals surface area contributed by atoms with E-state index >= 15 is 0 Å². The van der Waals surface area contributed by atoms with Crippen LogP contribution in [0.1, 0.15) is 0 Å². The maximum absolute atomic E-state index is 11.6. The van der Waals surface area contributed by atoms with Crippen LogP contribution in [0.4, 0.5) is 11.7 Å². The van der Waals surface area contributed by atoms with Crippen molar-refractivity contribution in [1.29, 1.82) is 0 Å². The lowest BCUT2D eigenvalue weighted by molar-refractivity contribution is -0.129. The highest BCUT2D eigenvalue weighted by Crippen LogP contribution is 2.24. The fraction of sp³-hybridized carbons (Fsp3) is 0.333. The number of fused-ring (bicyclic) bond motifs is 1. The van der Waals surface area contributed by atoms with E-state index in [4.69, 9.17) is 10.2 Å². The molecule has 0 radical (unpaired) electrons. The number of amides is 1. The highest BCUT2D eigenvalue weighted by Gasteiger charge is 2.24. The molecular formula is C12H14N4O2. The van der Waals surface area contributed by atoms with Crippen LogP contribution in [0.25, 0.3) is 11.1 Å². The van der Waals surface area contributed by atoms with Gasteiger partial charge >= 0.3 is 0 Å². The summed E-state index contributed by atoms with van der Waals surface area (Å²) in [5.41, 5.74) is 7.75. The van der Waals surface area contributed by atoms with E-state index < -0.39 is 0 Å². The van der Waals surface area contributed by atoms with Crippen LogP contribution in [0.15, 0.2) is 22.6 Å². The van der Waals surface area contributed by atoms with Crippen molar-refractivity contribution < 1.29 is 9.21 Å². The van der Waals surface area contributed by atoms with Crippen molar-refractivity contribution >= 4 is 28.7 Å². The fourth-order valence-corrected chi connectivity index (χ4v) is 1.99. The van der Waals surface area contributed by atoms with Crippen molar-refractivity contribution in [2.45, 2.75) is 0 Å². The van der Waals surface area contributed by atoms with E-state index in [-0.39, 0.29) is 5.91 Å². The third-order valence-electron chi connectivity index (χ3n) is 3.13. The van der Waals surface area contributed by atoms with Crippen molar-refractivity contribution in [3.05, 3.63) is 18.2 Å². The van der Waals surface area contributed by atoms with E-state index in [0.29, 0.717) is 30.4 Å². The van der Waals surface area contributed by atoms with Gasteiger partial charge < -0.3 is 20.0 Å². The van der Waals surface area contributed by atoms with Crippen molar-refractivity contribution in [1.82, 2.24) is 9.88 Å². The number of oxazole rings is 1. The van der Waals surface area contributed by atoms with Gasteiger partial charge in [-0.25, -0.2) is 0 Å². The molecule has 94 valence electrons. The molecule has 0 aliphatic carbocycles. The number of rotatable bonds is 1. The zero-order valence-corrected chi connectivity index (χ0v) is 10.1. The molecule has 0 unspecified atom stereocenters. The molecule has 6 heteroatoms. The number of carbonyl (C=O) groups excluding carboxylic acids is 1. The molecule has 1 aliphatic heterocycles. The molecular weight excluding hydrogens is 232 g/mol. The smallest absolute Gasteiger partial charge is 0.298 e. The molecule has 1 aliphatic rings. The Labute approximate surface area is 104 Å². The van der Waals surface area contributed by atoms with Gasteiger partial charge in [-0.3, -0.25) is 4.79 Å². The van der Waals surface area contributed by atoms with Crippen LogP contribution in [-0.4, -0.2) is 42.5 Å². The largest absolute Gasteiger partial charge is 0.423 e. The molecule has 1 aromatic heterocycles. The predicted molar refractivity (Wildman–Crippen MR) is 68.3 cm³/mol. The van der Waals surface area contributed by atoms with Gasteiger partial charge in [-0.05, 0) is 18.2 Å². The molecule has 6 nitrogen and oxygen atoms in total. The van der Waals surface area contributed by atoms with E-state index in [0.717, 1.165) is 12.1 Å². The summed E-state index contributed by atoms with van der Waals surface area (Å²) >= 11 is 0. The van der Waals surface area contributed by atoms with Crippen LogP contribution < -0.4 is 10.6 Å². The number of benzene rings is 1. The number of likely N-dealkylation sites (N-methyl/N-ethyl adjacent to an activating group) is 1. The lowest BCUT2D eigenvalue weighted by atomic mass is 10.3. The lowest BCUT2D eigenvalue weighted by Crippen LogP contribution is -2.48. The summed E-state index contributed by atoms with van der Waals surface area (Å²) < 4.78 is 5.63. The second kappa shape index (κ2) is 3.90. The normalized spacial score (nSPS) is 16.6. The average molecular weight is 246 g/mol. The first kappa shape index (κ1) is 10.9. The zero-order chi connectivity index (χ0) is 12.7. The third-order valence-corrected chi connectivity index (χ3v) is 3.13. The minimum Gasteiger partial charge on any atom is -0.423 e. The molecule has 1 aromatic carbocycles. The number of nitrogen functional groups attached to an aromatic ring is 1. The van der Waals surface area contributed by atoms with E-state index in [1.165, 1.54) is 0 Å². The number of nitrogens with zero attached hydrogens (tertiary/aromatic N) is 3. The zero-order valence-electron chi connectivity index (χ0n) is 10.1. The van der Waals surface area contributed by atoms with E-state index in [9.17, 15) is 4.79 Å². The summed E-state index contributed by atoms with van der Waals surface area (Å²) in [6, 6.07) is 5.81. The second-order valence-electron chi connectivity index (χ2n) is 4.46. The topological polar surface area (TPSA) is 75.6 Å². The number of hydrogen-bond donors (Lipinski definition) is 1. The first-order valence-electron chi connectivity index (χ1n) is 5.78. The molecule has 2 N–H and O–H groups in total. The molecule has 1 amide bonds. The molecule has 0 bridgehead atoms. The first-order chi connectivity index (χ1) is 8.63. The molecule has 3 rings (SSSR count). The quantitative estimate of drug-likeness (QED) is 0.749. The van der Waals surface area contributed by atoms with Crippen molar-refractivity contribution in [2.24, 2.45) is 0 Å². The molecule has 2 heterocycles. The van der Waals surface area contributed by atoms with E-state index in [1.54, 1.807) is 30.1 Å². The SMILES string of the molecule is CN1CCN(c2nc3cc(N)ccc3o2)CC1=O. The summed E-state index contributed by atoms with van der Waals surface area (Å²) in [6.07, 6.45) is 0. The standard InChI is InChI=1S/C12H14N4O2/c1-15-4-5-16(7-11(15)17)12-14-9-6-8(13)2-3-10(9)18-12/h2-3,6H,4-5,7,13H2,1H3. The highest BCUT2D eigenvalue weighted by molar-refractivity contribution is 5.83. The summed E-state index contributed by atoms with van der Waals surface area (Å²) in [5, 5.41) is 0. The Balaban J connectivity index is 1.92. The van der Waals surface area contributed by atoms with Crippen LogP contribution in [0.5, 0.6) is 0 Å². The van der Waals surface area contributed by atoms with E-state index in [2.05, 4.69) is 4.98 Å². The number of hydrogen-bond acceptors (Lipinski definition) is 5. The number of piperazine rings is 1. The summed E-state index contributed by atoms with van der Waals surface area (Å²) in [6.45, 7) is 1.71. The van der Waals surface area contributed by atoms with Crippen LogP contribution in [-0.2, 0) is 4.79 Å². The van der Waals surface area contributed by atoms with Gasteiger partial charge in [-0.1, -0.05) is 0 Å². The van der Waals surface area contributed by atoms with Gasteiger partial charge in [0.2, 0.25) is 5.91 Å². The Bertz CT molecular complexity index is 607. The van der Waals surface area contributed by atoms with E-state index in [1.807, 2.05) is 4.90 Å². The Kier molecular flexibility index (Phi) is 2.36. The highest BCUT2D eigenvalue weighted by atomic mass is 16.4. The Morgan fingerprint density at radius 3 is 3.00 bits per heavy atom. The van der Waals surface area contributed by atoms with Crippen LogP contribution in [0.2, 0.25) is 0 Å². The maximum Gasteiger partial charge on any atom is 0.298 e.